The Morgan fingerprint density at radius 3 is 2.41 bits per heavy atom. The number of halogens is 3. The normalized spacial score (nSPS) is 16.1. The molecule has 1 unspecified atom stereocenters. The number of nitrogens with one attached hydrogen (secondary N) is 1. The topological polar surface area (TPSA) is 37.3 Å². The van der Waals surface area contributed by atoms with Crippen molar-refractivity contribution < 1.29 is 13.6 Å². The van der Waals surface area contributed by atoms with Gasteiger partial charge in [0.25, 0.3) is 0 Å². The maximum absolute atomic E-state index is 13.9. The summed E-state index contributed by atoms with van der Waals surface area (Å²) in [5.41, 5.74) is 1.34. The van der Waals surface area contributed by atoms with Gasteiger partial charge < -0.3 is 14.8 Å². The summed E-state index contributed by atoms with van der Waals surface area (Å²) < 4.78 is 29.9. The molecule has 0 saturated carbocycles. The highest BCUT2D eigenvalue weighted by molar-refractivity contribution is 6.30. The van der Waals surface area contributed by atoms with Crippen LogP contribution in [0.2, 0.25) is 5.02 Å². The summed E-state index contributed by atoms with van der Waals surface area (Å²) in [7, 11) is 0. The van der Waals surface area contributed by atoms with Gasteiger partial charge in [-0.2, -0.15) is 0 Å². The molecule has 4 nitrogen and oxygen atoms in total. The lowest BCUT2D eigenvalue weighted by Crippen LogP contribution is -2.44. The van der Waals surface area contributed by atoms with Gasteiger partial charge in [-0.3, -0.25) is 0 Å². The van der Waals surface area contributed by atoms with E-state index in [-0.39, 0.29) is 6.04 Å². The van der Waals surface area contributed by atoms with Crippen LogP contribution in [0.3, 0.4) is 0 Å². The number of carbonyl (C=O) groups excluding carboxylic acids is 1. The first-order chi connectivity index (χ1) is 13.0. The van der Waals surface area contributed by atoms with Gasteiger partial charge in [-0.05, 0) is 42.0 Å². The molecule has 0 spiro atoms. The van der Waals surface area contributed by atoms with E-state index in [2.05, 4.69) is 9.88 Å². The van der Waals surface area contributed by atoms with Crippen LogP contribution in [0.5, 0.6) is 0 Å². The van der Waals surface area contributed by atoms with Crippen molar-refractivity contribution in [1.82, 2.24) is 9.47 Å². The lowest BCUT2D eigenvalue weighted by Gasteiger charge is -2.37. The Balaban J connectivity index is 1.70. The SMILES string of the molecule is O=C(Nc1c(F)cccc1F)N1CCn2cccc2C1c1ccc(Cl)cc1. The Morgan fingerprint density at radius 2 is 1.70 bits per heavy atom. The van der Waals surface area contributed by atoms with E-state index in [1.54, 1.807) is 17.0 Å². The number of nitrogens with zero attached hydrogens (tertiary/aromatic N) is 2. The molecule has 0 bridgehead atoms. The second-order valence-corrected chi connectivity index (χ2v) is 6.74. The number of urea groups is 1. The van der Waals surface area contributed by atoms with E-state index in [1.165, 1.54) is 6.07 Å². The van der Waals surface area contributed by atoms with Gasteiger partial charge in [-0.25, -0.2) is 13.6 Å². The minimum absolute atomic E-state index is 0.388. The van der Waals surface area contributed by atoms with Gasteiger partial charge in [0.15, 0.2) is 0 Å². The molecule has 138 valence electrons. The number of hydrogen-bond donors (Lipinski definition) is 1. The number of para-hydroxylation sites is 1. The van der Waals surface area contributed by atoms with Gasteiger partial charge in [-0.15, -0.1) is 0 Å². The maximum atomic E-state index is 13.9. The molecule has 2 amide bonds. The van der Waals surface area contributed by atoms with Crippen molar-refractivity contribution in [1.29, 1.82) is 0 Å². The molecule has 4 rings (SSSR count). The molecule has 7 heteroatoms. The molecule has 0 fully saturated rings. The predicted molar refractivity (Wildman–Crippen MR) is 99.8 cm³/mol. The lowest BCUT2D eigenvalue weighted by atomic mass is 10.0. The van der Waals surface area contributed by atoms with Crippen molar-refractivity contribution in [2.75, 3.05) is 11.9 Å². The van der Waals surface area contributed by atoms with Crippen LogP contribution >= 0.6 is 11.6 Å². The summed E-state index contributed by atoms with van der Waals surface area (Å²) in [4.78, 5) is 14.5. The minimum Gasteiger partial charge on any atom is -0.348 e. The van der Waals surface area contributed by atoms with E-state index < -0.39 is 23.4 Å². The average Bonchev–Trinajstić information content (AvgIpc) is 3.13. The summed E-state index contributed by atoms with van der Waals surface area (Å²) >= 11 is 5.99. The van der Waals surface area contributed by atoms with Crippen molar-refractivity contribution in [3.63, 3.8) is 0 Å². The summed E-state index contributed by atoms with van der Waals surface area (Å²) in [5.74, 6) is -1.63. The second-order valence-electron chi connectivity index (χ2n) is 6.30. The fourth-order valence-corrected chi connectivity index (χ4v) is 3.52. The zero-order valence-corrected chi connectivity index (χ0v) is 15.0. The molecule has 27 heavy (non-hydrogen) atoms. The Bertz CT molecular complexity index is 967. The molecule has 0 radical (unpaired) electrons. The third-order valence-electron chi connectivity index (χ3n) is 4.68. The largest absolute Gasteiger partial charge is 0.348 e. The number of anilines is 1. The highest BCUT2D eigenvalue weighted by Crippen LogP contribution is 2.33. The first-order valence-corrected chi connectivity index (χ1v) is 8.84. The summed E-state index contributed by atoms with van der Waals surface area (Å²) in [5, 5.41) is 2.98. The number of hydrogen-bond acceptors (Lipinski definition) is 1. The summed E-state index contributed by atoms with van der Waals surface area (Å²) in [6.07, 6.45) is 1.95. The smallest absolute Gasteiger partial charge is 0.322 e. The first-order valence-electron chi connectivity index (χ1n) is 8.47. The van der Waals surface area contributed by atoms with Crippen LogP contribution in [-0.2, 0) is 6.54 Å². The van der Waals surface area contributed by atoms with E-state index >= 15 is 0 Å². The molecular formula is C20H16ClF2N3O. The van der Waals surface area contributed by atoms with Crippen LogP contribution in [-0.4, -0.2) is 22.0 Å². The van der Waals surface area contributed by atoms with Crippen LogP contribution < -0.4 is 5.32 Å². The van der Waals surface area contributed by atoms with E-state index in [0.717, 1.165) is 23.4 Å². The van der Waals surface area contributed by atoms with Crippen LogP contribution in [0.4, 0.5) is 19.3 Å². The number of benzene rings is 2. The van der Waals surface area contributed by atoms with Gasteiger partial charge in [0.2, 0.25) is 0 Å². The van der Waals surface area contributed by atoms with E-state index in [1.807, 2.05) is 30.5 Å². The van der Waals surface area contributed by atoms with Gasteiger partial charge in [0, 0.05) is 30.0 Å². The summed E-state index contributed by atoms with van der Waals surface area (Å²) in [6, 6.07) is 13.6. The predicted octanol–water partition coefficient (Wildman–Crippen LogP) is 5.06. The molecule has 0 saturated heterocycles. The van der Waals surface area contributed by atoms with Gasteiger partial charge in [0.1, 0.15) is 17.3 Å². The average molecular weight is 388 g/mol. The third-order valence-corrected chi connectivity index (χ3v) is 4.93. The van der Waals surface area contributed by atoms with E-state index in [4.69, 9.17) is 11.6 Å². The molecule has 1 atom stereocenters. The molecule has 2 heterocycles. The number of aromatic nitrogens is 1. The van der Waals surface area contributed by atoms with Gasteiger partial charge >= 0.3 is 6.03 Å². The van der Waals surface area contributed by atoms with E-state index in [0.29, 0.717) is 18.1 Å². The molecule has 0 aliphatic carbocycles. The van der Waals surface area contributed by atoms with Crippen molar-refractivity contribution in [2.24, 2.45) is 0 Å². The number of amides is 2. The van der Waals surface area contributed by atoms with Crippen molar-refractivity contribution in [3.8, 4) is 0 Å². The number of fused-ring (bicyclic) bond motifs is 1. The monoisotopic (exact) mass is 387 g/mol. The van der Waals surface area contributed by atoms with Crippen molar-refractivity contribution >= 4 is 23.3 Å². The zero-order valence-electron chi connectivity index (χ0n) is 14.2. The molecule has 2 aromatic carbocycles. The van der Waals surface area contributed by atoms with Crippen LogP contribution in [0.1, 0.15) is 17.3 Å². The van der Waals surface area contributed by atoms with E-state index in [9.17, 15) is 13.6 Å². The van der Waals surface area contributed by atoms with Crippen molar-refractivity contribution in [2.45, 2.75) is 12.6 Å². The van der Waals surface area contributed by atoms with Gasteiger partial charge in [0.05, 0.1) is 6.04 Å². The molecule has 1 aromatic heterocycles. The Hall–Kier alpha value is -2.86. The minimum atomic E-state index is -0.813. The second kappa shape index (κ2) is 7.04. The fraction of sp³-hybridized carbons (Fsp3) is 0.150. The molecular weight excluding hydrogens is 372 g/mol. The Labute approximate surface area is 160 Å². The highest BCUT2D eigenvalue weighted by Gasteiger charge is 2.32. The highest BCUT2D eigenvalue weighted by atomic mass is 35.5. The maximum Gasteiger partial charge on any atom is 0.322 e. The molecule has 1 aliphatic heterocycles. The first kappa shape index (κ1) is 17.5. The van der Waals surface area contributed by atoms with Crippen LogP contribution in [0.15, 0.2) is 60.8 Å². The molecule has 3 aromatic rings. The lowest BCUT2D eigenvalue weighted by molar-refractivity contribution is 0.181. The Morgan fingerprint density at radius 1 is 1.00 bits per heavy atom. The van der Waals surface area contributed by atoms with Crippen LogP contribution in [0.25, 0.3) is 0 Å². The van der Waals surface area contributed by atoms with Gasteiger partial charge in [-0.1, -0.05) is 29.8 Å². The number of rotatable bonds is 2. The number of carbonyl (C=O) groups is 1. The zero-order chi connectivity index (χ0) is 19.0. The summed E-state index contributed by atoms with van der Waals surface area (Å²) in [6.45, 7) is 0.997. The van der Waals surface area contributed by atoms with Crippen LogP contribution in [0, 0.1) is 11.6 Å². The van der Waals surface area contributed by atoms with Crippen molar-refractivity contribution in [3.05, 3.63) is 88.7 Å². The standard InChI is InChI=1S/C20H16ClF2N3O/c21-14-8-6-13(7-9-14)19-17-5-2-10-25(17)11-12-26(19)20(27)24-18-15(22)3-1-4-16(18)23/h1-10,19H,11-12H2,(H,24,27). The molecule has 1 aliphatic rings. The fourth-order valence-electron chi connectivity index (χ4n) is 3.39. The third kappa shape index (κ3) is 3.28. The Kier molecular flexibility index (Phi) is 4.58. The quantitative estimate of drug-likeness (QED) is 0.656. The molecule has 1 N–H and O–H groups in total.